The topological polar surface area (TPSA) is 99.6 Å². The van der Waals surface area contributed by atoms with Gasteiger partial charge in [0.1, 0.15) is 17.0 Å². The van der Waals surface area contributed by atoms with Crippen LogP contribution < -0.4 is 10.1 Å². The van der Waals surface area contributed by atoms with Gasteiger partial charge in [0.25, 0.3) is 5.88 Å². The van der Waals surface area contributed by atoms with Crippen molar-refractivity contribution < 1.29 is 32.6 Å². The van der Waals surface area contributed by atoms with Gasteiger partial charge in [0.2, 0.25) is 0 Å². The summed E-state index contributed by atoms with van der Waals surface area (Å²) in [5.41, 5.74) is 0.176. The summed E-state index contributed by atoms with van der Waals surface area (Å²) >= 11 is 5.71. The molecule has 202 valence electrons. The van der Waals surface area contributed by atoms with Gasteiger partial charge >= 0.3 is 12.1 Å². The molecule has 2 aromatic heterocycles. The summed E-state index contributed by atoms with van der Waals surface area (Å²) in [6.07, 6.45) is 1.26. The van der Waals surface area contributed by atoms with Gasteiger partial charge in [-0.1, -0.05) is 11.6 Å². The predicted molar refractivity (Wildman–Crippen MR) is 138 cm³/mol. The van der Waals surface area contributed by atoms with Crippen molar-refractivity contribution in [3.8, 4) is 22.9 Å². The number of nitrogens with zero attached hydrogens (tertiary/aromatic N) is 2. The molecule has 0 aliphatic rings. The lowest BCUT2D eigenvalue weighted by Crippen LogP contribution is -2.27. The highest BCUT2D eigenvalue weighted by molar-refractivity contribution is 6.30. The first kappa shape index (κ1) is 28.8. The minimum atomic E-state index is -0.761. The highest BCUT2D eigenvalue weighted by atomic mass is 35.5. The zero-order valence-electron chi connectivity index (χ0n) is 21.4. The molecule has 0 saturated heterocycles. The number of hydrogen-bond donors (Lipinski definition) is 1. The molecule has 0 bridgehead atoms. The molecule has 1 aromatic carbocycles. The van der Waals surface area contributed by atoms with Crippen LogP contribution in [0.15, 0.2) is 42.6 Å². The summed E-state index contributed by atoms with van der Waals surface area (Å²) < 4.78 is 44.8. The van der Waals surface area contributed by atoms with Gasteiger partial charge in [0.05, 0.1) is 23.0 Å². The molecule has 0 aliphatic heterocycles. The van der Waals surface area contributed by atoms with Crippen LogP contribution >= 0.6 is 11.6 Å². The number of nitrogens with one attached hydrogen (secondary N) is 1. The Kier molecular flexibility index (Phi) is 9.57. The molecule has 0 radical (unpaired) electrons. The van der Waals surface area contributed by atoms with Crippen LogP contribution in [0.4, 0.5) is 19.3 Å². The largest absolute Gasteiger partial charge is 0.466 e. The molecular weight excluding hydrogens is 520 g/mol. The maximum Gasteiger partial charge on any atom is 0.412 e. The molecule has 3 aromatic rings. The summed E-state index contributed by atoms with van der Waals surface area (Å²) in [6, 6.07) is 8.37. The van der Waals surface area contributed by atoms with Crippen LogP contribution in [0.5, 0.6) is 11.6 Å². The Morgan fingerprint density at radius 1 is 1.08 bits per heavy atom. The maximum atomic E-state index is 15.2. The number of amides is 1. The number of halogens is 3. The van der Waals surface area contributed by atoms with Crippen molar-refractivity contribution in [1.29, 1.82) is 0 Å². The van der Waals surface area contributed by atoms with E-state index >= 15 is 4.39 Å². The van der Waals surface area contributed by atoms with Crippen LogP contribution in [0.2, 0.25) is 5.02 Å². The third kappa shape index (κ3) is 8.37. The summed E-state index contributed by atoms with van der Waals surface area (Å²) in [7, 11) is 0. The highest BCUT2D eigenvalue weighted by Crippen LogP contribution is 2.30. The highest BCUT2D eigenvalue weighted by Gasteiger charge is 2.20. The first-order valence-electron chi connectivity index (χ1n) is 11.9. The molecule has 1 N–H and O–H groups in total. The van der Waals surface area contributed by atoms with Crippen LogP contribution in [0.1, 0.15) is 46.2 Å². The van der Waals surface area contributed by atoms with E-state index in [-0.39, 0.29) is 53.5 Å². The number of anilines is 1. The fraction of sp³-hybridized carbons (Fsp3) is 0.333. The van der Waals surface area contributed by atoms with Gasteiger partial charge in [-0.15, -0.1) is 0 Å². The molecule has 3 rings (SSSR count). The van der Waals surface area contributed by atoms with Gasteiger partial charge in [0.15, 0.2) is 11.6 Å². The van der Waals surface area contributed by atoms with Gasteiger partial charge in [-0.3, -0.25) is 10.1 Å². The standard InChI is InChI=1S/C27H28ClF2N3O5/c1-5-36-23(34)8-6-7-21-22(33-26(35)38-27(2,3)4)14-19(29)24(32-21)16-9-11-18(12-10-16)37-25-20(30)13-17(28)15-31-25/h9-15H,5-8H2,1-4H3,(H,33,35). The molecule has 8 nitrogen and oxygen atoms in total. The zero-order chi connectivity index (χ0) is 27.9. The van der Waals surface area contributed by atoms with Crippen molar-refractivity contribution in [3.05, 3.63) is 64.9 Å². The van der Waals surface area contributed by atoms with Crippen molar-refractivity contribution in [1.82, 2.24) is 9.97 Å². The monoisotopic (exact) mass is 547 g/mol. The van der Waals surface area contributed by atoms with E-state index < -0.39 is 23.3 Å². The van der Waals surface area contributed by atoms with Crippen molar-refractivity contribution in [2.45, 2.75) is 52.6 Å². The van der Waals surface area contributed by atoms with Crippen molar-refractivity contribution >= 4 is 29.4 Å². The average molecular weight is 548 g/mol. The minimum Gasteiger partial charge on any atom is -0.466 e. The smallest absolute Gasteiger partial charge is 0.412 e. The minimum absolute atomic E-state index is 0.0215. The van der Waals surface area contributed by atoms with Crippen LogP contribution in [-0.2, 0) is 20.7 Å². The number of rotatable bonds is 9. The van der Waals surface area contributed by atoms with E-state index in [1.807, 2.05) is 0 Å². The molecule has 0 aliphatic carbocycles. The zero-order valence-corrected chi connectivity index (χ0v) is 22.2. The van der Waals surface area contributed by atoms with Crippen LogP contribution in [0.3, 0.4) is 0 Å². The van der Waals surface area contributed by atoms with Gasteiger partial charge < -0.3 is 14.2 Å². The molecule has 0 spiro atoms. The van der Waals surface area contributed by atoms with Crippen LogP contribution in [-0.4, -0.2) is 34.2 Å². The predicted octanol–water partition coefficient (Wildman–Crippen LogP) is 7.10. The molecule has 38 heavy (non-hydrogen) atoms. The number of carbonyl (C=O) groups is 2. The third-order valence-electron chi connectivity index (χ3n) is 4.91. The lowest BCUT2D eigenvalue weighted by atomic mass is 10.1. The quantitative estimate of drug-likeness (QED) is 0.285. The summed E-state index contributed by atoms with van der Waals surface area (Å²) in [6.45, 7) is 7.11. The van der Waals surface area contributed by atoms with E-state index in [4.69, 9.17) is 25.8 Å². The van der Waals surface area contributed by atoms with E-state index in [2.05, 4.69) is 15.3 Å². The molecule has 0 fully saturated rings. The molecule has 0 saturated carbocycles. The van der Waals surface area contributed by atoms with E-state index in [1.165, 1.54) is 18.3 Å². The van der Waals surface area contributed by atoms with Gasteiger partial charge in [0, 0.05) is 24.2 Å². The summed E-state index contributed by atoms with van der Waals surface area (Å²) in [5, 5.41) is 2.68. The number of hydrogen-bond acceptors (Lipinski definition) is 7. The fourth-order valence-corrected chi connectivity index (χ4v) is 3.49. The van der Waals surface area contributed by atoms with Crippen LogP contribution in [0, 0.1) is 11.6 Å². The van der Waals surface area contributed by atoms with Crippen LogP contribution in [0.25, 0.3) is 11.3 Å². The molecule has 0 atom stereocenters. The third-order valence-corrected chi connectivity index (χ3v) is 5.11. The van der Waals surface area contributed by atoms with E-state index in [0.29, 0.717) is 17.7 Å². The summed E-state index contributed by atoms with van der Waals surface area (Å²) in [4.78, 5) is 32.3. The van der Waals surface area contributed by atoms with Crippen molar-refractivity contribution in [2.24, 2.45) is 0 Å². The Morgan fingerprint density at radius 3 is 2.42 bits per heavy atom. The average Bonchev–Trinajstić information content (AvgIpc) is 2.82. The molecule has 0 unspecified atom stereocenters. The molecule has 1 amide bonds. The van der Waals surface area contributed by atoms with Gasteiger partial charge in [-0.25, -0.2) is 23.5 Å². The normalized spacial score (nSPS) is 11.1. The van der Waals surface area contributed by atoms with Crippen molar-refractivity contribution in [3.63, 3.8) is 0 Å². The second-order valence-electron chi connectivity index (χ2n) is 9.17. The maximum absolute atomic E-state index is 15.2. The second-order valence-corrected chi connectivity index (χ2v) is 9.60. The number of esters is 1. The first-order valence-corrected chi connectivity index (χ1v) is 12.3. The number of aryl methyl sites for hydroxylation is 1. The lowest BCUT2D eigenvalue weighted by Gasteiger charge is -2.20. The number of ether oxygens (including phenoxy) is 3. The van der Waals surface area contributed by atoms with E-state index in [0.717, 1.165) is 12.1 Å². The molecule has 11 heteroatoms. The Morgan fingerprint density at radius 2 is 1.79 bits per heavy atom. The SMILES string of the molecule is CCOC(=O)CCCc1nc(-c2ccc(Oc3ncc(Cl)cc3F)cc2)c(F)cc1NC(=O)OC(C)(C)C. The molecular formula is C27H28ClF2N3O5. The number of pyridine rings is 2. The number of benzene rings is 1. The van der Waals surface area contributed by atoms with E-state index in [9.17, 15) is 14.0 Å². The Labute approximate surface area is 224 Å². The van der Waals surface area contributed by atoms with Crippen molar-refractivity contribution in [2.75, 3.05) is 11.9 Å². The second kappa shape index (κ2) is 12.6. The number of aromatic nitrogens is 2. The Hall–Kier alpha value is -3.79. The van der Waals surface area contributed by atoms with E-state index in [1.54, 1.807) is 39.8 Å². The number of carbonyl (C=O) groups excluding carboxylic acids is 2. The first-order chi connectivity index (χ1) is 17.9. The summed E-state index contributed by atoms with van der Waals surface area (Å²) in [5.74, 6) is -1.77. The van der Waals surface area contributed by atoms with Gasteiger partial charge in [-0.2, -0.15) is 0 Å². The van der Waals surface area contributed by atoms with Gasteiger partial charge in [-0.05, 0) is 70.9 Å². The molecule has 2 heterocycles. The fourth-order valence-electron chi connectivity index (χ4n) is 3.34. The Bertz CT molecular complexity index is 1300. The Balaban J connectivity index is 1.85. The lowest BCUT2D eigenvalue weighted by molar-refractivity contribution is -0.143.